The third kappa shape index (κ3) is 4.53. The van der Waals surface area contributed by atoms with Gasteiger partial charge in [0.05, 0.1) is 19.1 Å². The first-order valence-corrected chi connectivity index (χ1v) is 9.68. The number of nitrogens with one attached hydrogen (secondary N) is 2. The number of carbonyl (C=O) groups excluding carboxylic acids is 3. The Bertz CT molecular complexity index is 709. The van der Waals surface area contributed by atoms with Gasteiger partial charge in [-0.3, -0.25) is 9.59 Å². The summed E-state index contributed by atoms with van der Waals surface area (Å²) in [6.45, 7) is 1.94. The van der Waals surface area contributed by atoms with E-state index in [2.05, 4.69) is 10.6 Å². The molecular formula is C19H24ClN3O4. The molecule has 1 aliphatic carbocycles. The number of hydrogen-bond acceptors (Lipinski definition) is 4. The lowest BCUT2D eigenvalue weighted by Crippen LogP contribution is -2.68. The minimum atomic E-state index is -0.879. The van der Waals surface area contributed by atoms with Crippen LogP contribution in [-0.4, -0.2) is 47.5 Å². The van der Waals surface area contributed by atoms with Crippen molar-refractivity contribution in [2.45, 2.75) is 57.2 Å². The average molecular weight is 394 g/mol. The highest BCUT2D eigenvalue weighted by molar-refractivity contribution is 6.30. The quantitative estimate of drug-likeness (QED) is 0.770. The van der Waals surface area contributed by atoms with Gasteiger partial charge in [-0.15, -0.1) is 0 Å². The topological polar surface area (TPSA) is 87.7 Å². The van der Waals surface area contributed by atoms with Crippen LogP contribution in [-0.2, 0) is 14.3 Å². The lowest BCUT2D eigenvalue weighted by Gasteiger charge is -2.47. The molecular weight excluding hydrogens is 370 g/mol. The Kier molecular flexibility index (Phi) is 6.21. The first-order chi connectivity index (χ1) is 13.0. The Hall–Kier alpha value is -2.28. The monoisotopic (exact) mass is 393 g/mol. The molecule has 7 nitrogen and oxygen atoms in total. The molecule has 3 atom stereocenters. The van der Waals surface area contributed by atoms with Crippen LogP contribution in [0.3, 0.4) is 0 Å². The molecule has 0 aromatic heterocycles. The van der Waals surface area contributed by atoms with Crippen LogP contribution in [0.15, 0.2) is 24.3 Å². The minimum Gasteiger partial charge on any atom is -0.466 e. The number of urea groups is 1. The standard InChI is InChI=1S/C19H24ClN3O4/c1-2-27-17(24)11-16-18(25)22-14-5-3-4-6-15(14)23(16)19(26)21-13-9-7-12(20)8-10-13/h7-10,14-16H,2-6,11H2,1H3,(H,21,26)(H,22,25)/t14-,15+,16-/m0/s1. The van der Waals surface area contributed by atoms with Gasteiger partial charge in [0.15, 0.2) is 0 Å². The molecule has 1 saturated heterocycles. The van der Waals surface area contributed by atoms with E-state index in [1.165, 1.54) is 4.90 Å². The van der Waals surface area contributed by atoms with Crippen molar-refractivity contribution in [1.29, 1.82) is 0 Å². The molecule has 0 bridgehead atoms. The Morgan fingerprint density at radius 1 is 1.26 bits per heavy atom. The van der Waals surface area contributed by atoms with Crippen molar-refractivity contribution in [2.24, 2.45) is 0 Å². The number of rotatable bonds is 4. The second-order valence-electron chi connectivity index (χ2n) is 6.84. The summed E-state index contributed by atoms with van der Waals surface area (Å²) in [6, 6.07) is 5.27. The second-order valence-corrected chi connectivity index (χ2v) is 7.27. The lowest BCUT2D eigenvalue weighted by atomic mass is 9.85. The first-order valence-electron chi connectivity index (χ1n) is 9.30. The summed E-state index contributed by atoms with van der Waals surface area (Å²) < 4.78 is 5.00. The number of benzene rings is 1. The molecule has 2 N–H and O–H groups in total. The number of hydrogen-bond donors (Lipinski definition) is 2. The number of nitrogens with zero attached hydrogens (tertiary/aromatic N) is 1. The molecule has 0 spiro atoms. The summed E-state index contributed by atoms with van der Waals surface area (Å²) in [5.74, 6) is -0.798. The van der Waals surface area contributed by atoms with Crippen molar-refractivity contribution in [3.05, 3.63) is 29.3 Å². The molecule has 0 radical (unpaired) electrons. The molecule has 1 saturated carbocycles. The Balaban J connectivity index is 1.83. The average Bonchev–Trinajstić information content (AvgIpc) is 2.64. The van der Waals surface area contributed by atoms with E-state index < -0.39 is 18.0 Å². The van der Waals surface area contributed by atoms with Crippen molar-refractivity contribution >= 4 is 35.2 Å². The van der Waals surface area contributed by atoms with Gasteiger partial charge in [0.25, 0.3) is 0 Å². The smallest absolute Gasteiger partial charge is 0.322 e. The highest BCUT2D eigenvalue weighted by atomic mass is 35.5. The molecule has 1 aromatic carbocycles. The fourth-order valence-electron chi connectivity index (χ4n) is 3.83. The zero-order valence-corrected chi connectivity index (χ0v) is 16.0. The summed E-state index contributed by atoms with van der Waals surface area (Å²) in [4.78, 5) is 39.2. The van der Waals surface area contributed by atoms with Crippen molar-refractivity contribution < 1.29 is 19.1 Å². The van der Waals surface area contributed by atoms with E-state index in [0.29, 0.717) is 10.7 Å². The highest BCUT2D eigenvalue weighted by Gasteiger charge is 2.46. The molecule has 2 fully saturated rings. The van der Waals surface area contributed by atoms with Crippen molar-refractivity contribution in [3.63, 3.8) is 0 Å². The van der Waals surface area contributed by atoms with Crippen LogP contribution >= 0.6 is 11.6 Å². The maximum atomic E-state index is 13.1. The second kappa shape index (κ2) is 8.61. The van der Waals surface area contributed by atoms with E-state index in [-0.39, 0.29) is 31.0 Å². The minimum absolute atomic E-state index is 0.0827. The Morgan fingerprint density at radius 3 is 2.67 bits per heavy atom. The summed E-state index contributed by atoms with van der Waals surface area (Å²) in [5, 5.41) is 6.38. The number of anilines is 1. The molecule has 1 aliphatic heterocycles. The van der Waals surface area contributed by atoms with E-state index in [1.54, 1.807) is 31.2 Å². The van der Waals surface area contributed by atoms with Gasteiger partial charge in [-0.1, -0.05) is 24.4 Å². The van der Waals surface area contributed by atoms with Gasteiger partial charge in [0.2, 0.25) is 5.91 Å². The number of carbonyl (C=O) groups is 3. The number of halogens is 1. The van der Waals surface area contributed by atoms with Gasteiger partial charge >= 0.3 is 12.0 Å². The number of piperazine rings is 1. The fourth-order valence-corrected chi connectivity index (χ4v) is 3.96. The van der Waals surface area contributed by atoms with Crippen LogP contribution in [0.25, 0.3) is 0 Å². The summed E-state index contributed by atoms with van der Waals surface area (Å²) in [5.41, 5.74) is 0.581. The van der Waals surface area contributed by atoms with Gasteiger partial charge in [0, 0.05) is 16.8 Å². The number of fused-ring (bicyclic) bond motifs is 1. The van der Waals surface area contributed by atoms with Crippen LogP contribution in [0, 0.1) is 0 Å². The van der Waals surface area contributed by atoms with Crippen LogP contribution in [0.2, 0.25) is 5.02 Å². The fraction of sp³-hybridized carbons (Fsp3) is 0.526. The number of esters is 1. The molecule has 27 heavy (non-hydrogen) atoms. The Labute approximate surface area is 163 Å². The Morgan fingerprint density at radius 2 is 1.96 bits per heavy atom. The number of ether oxygens (including phenoxy) is 1. The zero-order valence-electron chi connectivity index (χ0n) is 15.2. The third-order valence-electron chi connectivity index (χ3n) is 5.05. The number of amides is 3. The molecule has 146 valence electrons. The van der Waals surface area contributed by atoms with Gasteiger partial charge in [-0.05, 0) is 44.0 Å². The van der Waals surface area contributed by atoms with E-state index in [1.807, 2.05) is 0 Å². The van der Waals surface area contributed by atoms with Crippen LogP contribution in [0.5, 0.6) is 0 Å². The van der Waals surface area contributed by atoms with E-state index in [0.717, 1.165) is 25.7 Å². The van der Waals surface area contributed by atoms with Gasteiger partial charge in [-0.25, -0.2) is 4.79 Å². The van der Waals surface area contributed by atoms with Crippen molar-refractivity contribution in [3.8, 4) is 0 Å². The van der Waals surface area contributed by atoms with Gasteiger partial charge in [-0.2, -0.15) is 0 Å². The molecule has 1 heterocycles. The normalized spacial score (nSPS) is 24.6. The predicted octanol–water partition coefficient (Wildman–Crippen LogP) is 2.94. The summed E-state index contributed by atoms with van der Waals surface area (Å²) >= 11 is 5.89. The third-order valence-corrected chi connectivity index (χ3v) is 5.30. The van der Waals surface area contributed by atoms with E-state index in [4.69, 9.17) is 16.3 Å². The molecule has 3 rings (SSSR count). The van der Waals surface area contributed by atoms with Crippen molar-refractivity contribution in [1.82, 2.24) is 10.2 Å². The SMILES string of the molecule is CCOC(=O)C[C@H]1C(=O)N[C@H]2CCCC[C@H]2N1C(=O)Nc1ccc(Cl)cc1. The molecule has 3 amide bonds. The van der Waals surface area contributed by atoms with Crippen LogP contribution < -0.4 is 10.6 Å². The van der Waals surface area contributed by atoms with Gasteiger partial charge < -0.3 is 20.3 Å². The lowest BCUT2D eigenvalue weighted by molar-refractivity contribution is -0.148. The maximum Gasteiger partial charge on any atom is 0.322 e. The van der Waals surface area contributed by atoms with Gasteiger partial charge in [0.1, 0.15) is 6.04 Å². The maximum absolute atomic E-state index is 13.1. The zero-order chi connectivity index (χ0) is 19.4. The van der Waals surface area contributed by atoms with E-state index >= 15 is 0 Å². The van der Waals surface area contributed by atoms with E-state index in [9.17, 15) is 14.4 Å². The molecule has 8 heteroatoms. The molecule has 0 unspecified atom stereocenters. The predicted molar refractivity (Wildman–Crippen MR) is 102 cm³/mol. The molecule has 2 aliphatic rings. The summed E-state index contributed by atoms with van der Waals surface area (Å²) in [7, 11) is 0. The summed E-state index contributed by atoms with van der Waals surface area (Å²) in [6.07, 6.45) is 3.45. The largest absolute Gasteiger partial charge is 0.466 e. The highest BCUT2D eigenvalue weighted by Crippen LogP contribution is 2.30. The van der Waals surface area contributed by atoms with Crippen LogP contribution in [0.4, 0.5) is 10.5 Å². The van der Waals surface area contributed by atoms with Crippen LogP contribution in [0.1, 0.15) is 39.0 Å². The van der Waals surface area contributed by atoms with Crippen molar-refractivity contribution in [2.75, 3.05) is 11.9 Å². The first kappa shape index (κ1) is 19.5. The molecule has 1 aromatic rings.